The third kappa shape index (κ3) is 3.47. The van der Waals surface area contributed by atoms with Gasteiger partial charge in [-0.15, -0.1) is 0 Å². The maximum Gasteiger partial charge on any atom is 0.0136 e. The summed E-state index contributed by atoms with van der Waals surface area (Å²) in [4.78, 5) is 0. The van der Waals surface area contributed by atoms with Crippen LogP contribution in [0.5, 0.6) is 0 Å². The van der Waals surface area contributed by atoms with Gasteiger partial charge in [0.2, 0.25) is 0 Å². The second kappa shape index (κ2) is 4.08. The van der Waals surface area contributed by atoms with Gasteiger partial charge in [0.25, 0.3) is 0 Å². The SMILES string of the molecule is CC(C)(C)c1cc(I)cc(C(C)(C)C)c1. The fourth-order valence-corrected chi connectivity index (χ4v) is 2.13. The molecule has 0 bridgehead atoms. The van der Waals surface area contributed by atoms with Gasteiger partial charge in [-0.1, -0.05) is 47.6 Å². The molecule has 0 atom stereocenters. The molecule has 0 aliphatic rings. The lowest BCUT2D eigenvalue weighted by molar-refractivity contribution is 0.568. The lowest BCUT2D eigenvalue weighted by Gasteiger charge is -2.25. The van der Waals surface area contributed by atoms with E-state index in [0.29, 0.717) is 0 Å². The molecular weight excluding hydrogens is 295 g/mol. The van der Waals surface area contributed by atoms with Crippen LogP contribution in [0.2, 0.25) is 0 Å². The van der Waals surface area contributed by atoms with Gasteiger partial charge in [0.15, 0.2) is 0 Å². The zero-order valence-electron chi connectivity index (χ0n) is 10.6. The van der Waals surface area contributed by atoms with Gasteiger partial charge in [0.1, 0.15) is 0 Å². The van der Waals surface area contributed by atoms with Gasteiger partial charge in [-0.2, -0.15) is 0 Å². The molecular formula is C14H21I. The van der Waals surface area contributed by atoms with Gasteiger partial charge in [-0.05, 0) is 56.7 Å². The van der Waals surface area contributed by atoms with Crippen molar-refractivity contribution in [3.8, 4) is 0 Å². The molecule has 0 nitrogen and oxygen atoms in total. The van der Waals surface area contributed by atoms with Crippen LogP contribution in [-0.2, 0) is 10.8 Å². The number of benzene rings is 1. The molecule has 0 saturated carbocycles. The van der Waals surface area contributed by atoms with Crippen molar-refractivity contribution in [2.24, 2.45) is 0 Å². The predicted octanol–water partition coefficient (Wildman–Crippen LogP) is 4.89. The van der Waals surface area contributed by atoms with E-state index >= 15 is 0 Å². The highest BCUT2D eigenvalue weighted by molar-refractivity contribution is 14.1. The summed E-state index contributed by atoms with van der Waals surface area (Å²) in [5, 5.41) is 0. The van der Waals surface area contributed by atoms with Crippen LogP contribution in [0.1, 0.15) is 52.7 Å². The fourth-order valence-electron chi connectivity index (χ4n) is 1.46. The Labute approximate surface area is 108 Å². The molecule has 0 aromatic heterocycles. The molecule has 84 valence electrons. The van der Waals surface area contributed by atoms with E-state index in [4.69, 9.17) is 0 Å². The first-order valence-electron chi connectivity index (χ1n) is 5.42. The molecule has 0 unspecified atom stereocenters. The molecule has 0 radical (unpaired) electrons. The smallest absolute Gasteiger partial charge is 0.0136 e. The summed E-state index contributed by atoms with van der Waals surface area (Å²) in [7, 11) is 0. The van der Waals surface area contributed by atoms with Crippen molar-refractivity contribution in [3.63, 3.8) is 0 Å². The van der Waals surface area contributed by atoms with Crippen LogP contribution < -0.4 is 0 Å². The predicted molar refractivity (Wildman–Crippen MR) is 76.6 cm³/mol. The Bertz CT molecular complexity index is 318. The van der Waals surface area contributed by atoms with Crippen LogP contribution in [0.25, 0.3) is 0 Å². The van der Waals surface area contributed by atoms with E-state index in [1.807, 2.05) is 0 Å². The average Bonchev–Trinajstić information content (AvgIpc) is 1.99. The lowest BCUT2D eigenvalue weighted by Crippen LogP contribution is -2.16. The van der Waals surface area contributed by atoms with Crippen molar-refractivity contribution >= 4 is 22.6 Å². The summed E-state index contributed by atoms with van der Waals surface area (Å²) in [5.41, 5.74) is 3.33. The molecule has 0 saturated heterocycles. The maximum atomic E-state index is 2.41. The standard InChI is InChI=1S/C14H21I/c1-13(2,3)10-7-11(14(4,5)6)9-12(15)8-10/h7-9H,1-6H3. The van der Waals surface area contributed by atoms with Crippen molar-refractivity contribution < 1.29 is 0 Å². The molecule has 1 aromatic carbocycles. The third-order valence-electron chi connectivity index (χ3n) is 2.63. The maximum absolute atomic E-state index is 2.41. The van der Waals surface area contributed by atoms with Crippen LogP contribution in [0.3, 0.4) is 0 Å². The minimum atomic E-state index is 0.237. The fraction of sp³-hybridized carbons (Fsp3) is 0.571. The topological polar surface area (TPSA) is 0 Å². The van der Waals surface area contributed by atoms with E-state index in [9.17, 15) is 0 Å². The Morgan fingerprint density at radius 2 is 1.07 bits per heavy atom. The van der Waals surface area contributed by atoms with Crippen molar-refractivity contribution in [2.75, 3.05) is 0 Å². The Morgan fingerprint density at radius 1 is 0.733 bits per heavy atom. The normalized spacial score (nSPS) is 13.0. The molecule has 0 aliphatic heterocycles. The third-order valence-corrected chi connectivity index (χ3v) is 3.25. The van der Waals surface area contributed by atoms with Crippen LogP contribution in [-0.4, -0.2) is 0 Å². The summed E-state index contributed by atoms with van der Waals surface area (Å²) in [6.45, 7) is 13.6. The number of rotatable bonds is 0. The Hall–Kier alpha value is -0.0500. The first kappa shape index (κ1) is 13.0. The highest BCUT2D eigenvalue weighted by Crippen LogP contribution is 2.30. The number of hydrogen-bond donors (Lipinski definition) is 0. The van der Waals surface area contributed by atoms with E-state index in [0.717, 1.165) is 0 Å². The van der Waals surface area contributed by atoms with Crippen LogP contribution in [0.15, 0.2) is 18.2 Å². The molecule has 15 heavy (non-hydrogen) atoms. The summed E-state index contributed by atoms with van der Waals surface area (Å²) in [6, 6.07) is 6.92. The molecule has 0 aliphatic carbocycles. The highest BCUT2D eigenvalue weighted by atomic mass is 127. The Kier molecular flexibility index (Phi) is 3.54. The first-order chi connectivity index (χ1) is 6.60. The zero-order valence-corrected chi connectivity index (χ0v) is 12.8. The van der Waals surface area contributed by atoms with Gasteiger partial charge < -0.3 is 0 Å². The van der Waals surface area contributed by atoms with Gasteiger partial charge in [0.05, 0.1) is 0 Å². The van der Waals surface area contributed by atoms with Crippen molar-refractivity contribution in [1.29, 1.82) is 0 Å². The number of hydrogen-bond acceptors (Lipinski definition) is 0. The van der Waals surface area contributed by atoms with Gasteiger partial charge >= 0.3 is 0 Å². The summed E-state index contributed by atoms with van der Waals surface area (Å²) in [5.74, 6) is 0. The lowest BCUT2D eigenvalue weighted by atomic mass is 9.81. The molecule has 1 heteroatoms. The summed E-state index contributed by atoms with van der Waals surface area (Å²) >= 11 is 2.41. The number of halogens is 1. The zero-order chi connectivity index (χ0) is 11.9. The molecule has 0 N–H and O–H groups in total. The highest BCUT2D eigenvalue weighted by Gasteiger charge is 2.19. The van der Waals surface area contributed by atoms with Gasteiger partial charge in [-0.3, -0.25) is 0 Å². The molecule has 0 spiro atoms. The van der Waals surface area contributed by atoms with Crippen LogP contribution >= 0.6 is 22.6 Å². The van der Waals surface area contributed by atoms with E-state index in [1.165, 1.54) is 14.7 Å². The monoisotopic (exact) mass is 316 g/mol. The van der Waals surface area contributed by atoms with Crippen LogP contribution in [0, 0.1) is 3.57 Å². The molecule has 0 heterocycles. The van der Waals surface area contributed by atoms with E-state index in [2.05, 4.69) is 82.3 Å². The van der Waals surface area contributed by atoms with E-state index in [1.54, 1.807) is 0 Å². The van der Waals surface area contributed by atoms with Crippen molar-refractivity contribution in [2.45, 2.75) is 52.4 Å². The van der Waals surface area contributed by atoms with E-state index < -0.39 is 0 Å². The summed E-state index contributed by atoms with van der Waals surface area (Å²) < 4.78 is 1.34. The Balaban J connectivity index is 3.30. The molecule has 1 aromatic rings. The average molecular weight is 316 g/mol. The Morgan fingerprint density at radius 3 is 1.33 bits per heavy atom. The van der Waals surface area contributed by atoms with Crippen LogP contribution in [0.4, 0.5) is 0 Å². The second-order valence-electron chi connectivity index (χ2n) is 6.23. The molecule has 1 rings (SSSR count). The largest absolute Gasteiger partial charge is 0.0561 e. The first-order valence-corrected chi connectivity index (χ1v) is 6.50. The minimum Gasteiger partial charge on any atom is -0.0561 e. The molecule has 0 amide bonds. The van der Waals surface area contributed by atoms with Gasteiger partial charge in [-0.25, -0.2) is 0 Å². The van der Waals surface area contributed by atoms with Crippen molar-refractivity contribution in [1.82, 2.24) is 0 Å². The molecule has 0 fully saturated rings. The summed E-state index contributed by atoms with van der Waals surface area (Å²) in [6.07, 6.45) is 0. The van der Waals surface area contributed by atoms with Gasteiger partial charge in [0, 0.05) is 3.57 Å². The van der Waals surface area contributed by atoms with Crippen molar-refractivity contribution in [3.05, 3.63) is 32.9 Å². The second-order valence-corrected chi connectivity index (χ2v) is 7.47. The minimum absolute atomic E-state index is 0.237. The quantitative estimate of drug-likeness (QED) is 0.598. The van der Waals surface area contributed by atoms with E-state index in [-0.39, 0.29) is 10.8 Å².